The molecule has 0 aliphatic heterocycles. The van der Waals surface area contributed by atoms with Crippen LogP contribution in [0.4, 0.5) is 20.2 Å². The van der Waals surface area contributed by atoms with Crippen molar-refractivity contribution in [3.05, 3.63) is 90.0 Å². The topological polar surface area (TPSA) is 75.3 Å². The highest BCUT2D eigenvalue weighted by Gasteiger charge is 2.17. The number of carbonyl (C=O) groups excluding carboxylic acids is 1. The molecule has 0 radical (unpaired) electrons. The van der Waals surface area contributed by atoms with Crippen LogP contribution in [0.5, 0.6) is 0 Å². The summed E-state index contributed by atoms with van der Waals surface area (Å²) in [7, 11) is -4.01. The average molecular weight is 388 g/mol. The number of hydrogen-bond acceptors (Lipinski definition) is 3. The van der Waals surface area contributed by atoms with Crippen LogP contribution in [-0.2, 0) is 10.0 Å². The Bertz CT molecular complexity index is 1080. The molecule has 27 heavy (non-hydrogen) atoms. The van der Waals surface area contributed by atoms with E-state index in [0.717, 1.165) is 6.07 Å². The molecule has 3 aromatic carbocycles. The second-order valence-electron chi connectivity index (χ2n) is 5.60. The van der Waals surface area contributed by atoms with Gasteiger partial charge in [-0.25, -0.2) is 17.2 Å². The van der Waals surface area contributed by atoms with Gasteiger partial charge in [0.05, 0.1) is 10.6 Å². The van der Waals surface area contributed by atoms with E-state index in [0.29, 0.717) is 5.69 Å². The van der Waals surface area contributed by atoms with Crippen molar-refractivity contribution in [3.8, 4) is 0 Å². The highest BCUT2D eigenvalue weighted by Crippen LogP contribution is 2.19. The predicted octanol–water partition coefficient (Wildman–Crippen LogP) is 4.02. The smallest absolute Gasteiger partial charge is 0.261 e. The lowest BCUT2D eigenvalue weighted by molar-refractivity contribution is 0.102. The molecule has 0 saturated heterocycles. The molecule has 138 valence electrons. The summed E-state index contributed by atoms with van der Waals surface area (Å²) in [5.41, 5.74) is 0.533. The summed E-state index contributed by atoms with van der Waals surface area (Å²) in [6.07, 6.45) is 0. The summed E-state index contributed by atoms with van der Waals surface area (Å²) in [5.74, 6) is -1.57. The third-order valence-electron chi connectivity index (χ3n) is 3.59. The van der Waals surface area contributed by atoms with E-state index in [1.807, 2.05) is 0 Å². The molecule has 0 spiro atoms. The third kappa shape index (κ3) is 4.68. The van der Waals surface area contributed by atoms with Crippen molar-refractivity contribution in [1.82, 2.24) is 0 Å². The lowest BCUT2D eigenvalue weighted by atomic mass is 10.2. The molecule has 0 aromatic heterocycles. The SMILES string of the molecule is O=C(Nc1ccc(F)cc1)c1cccc(S(=O)(=O)Nc2cccc(F)c2)c1. The second kappa shape index (κ2) is 7.55. The Hall–Kier alpha value is -3.26. The minimum Gasteiger partial charge on any atom is -0.322 e. The van der Waals surface area contributed by atoms with Crippen molar-refractivity contribution < 1.29 is 22.0 Å². The zero-order valence-corrected chi connectivity index (χ0v) is 14.6. The number of anilines is 2. The van der Waals surface area contributed by atoms with E-state index < -0.39 is 27.6 Å². The standard InChI is InChI=1S/C19H14F2N2O3S/c20-14-7-9-16(10-8-14)22-19(24)13-3-1-6-18(11-13)27(25,26)23-17-5-2-4-15(21)12-17/h1-12,23H,(H,22,24). The molecule has 3 aromatic rings. The summed E-state index contributed by atoms with van der Waals surface area (Å²) in [6.45, 7) is 0. The molecule has 5 nitrogen and oxygen atoms in total. The number of rotatable bonds is 5. The van der Waals surface area contributed by atoms with Gasteiger partial charge in [-0.3, -0.25) is 9.52 Å². The van der Waals surface area contributed by atoms with Crippen LogP contribution in [-0.4, -0.2) is 14.3 Å². The first-order chi connectivity index (χ1) is 12.8. The van der Waals surface area contributed by atoms with E-state index in [1.54, 1.807) is 0 Å². The molecule has 0 aliphatic carbocycles. The monoisotopic (exact) mass is 388 g/mol. The Morgan fingerprint density at radius 2 is 1.48 bits per heavy atom. The maximum absolute atomic E-state index is 13.2. The highest BCUT2D eigenvalue weighted by atomic mass is 32.2. The molecule has 0 unspecified atom stereocenters. The number of nitrogens with one attached hydrogen (secondary N) is 2. The van der Waals surface area contributed by atoms with E-state index in [1.165, 1.54) is 66.7 Å². The Balaban J connectivity index is 1.81. The van der Waals surface area contributed by atoms with E-state index >= 15 is 0 Å². The van der Waals surface area contributed by atoms with Gasteiger partial charge in [0.2, 0.25) is 0 Å². The fourth-order valence-electron chi connectivity index (χ4n) is 2.31. The molecule has 0 saturated carbocycles. The van der Waals surface area contributed by atoms with Crippen molar-refractivity contribution in [2.75, 3.05) is 10.0 Å². The summed E-state index contributed by atoms with van der Waals surface area (Å²) in [4.78, 5) is 12.2. The Morgan fingerprint density at radius 3 is 2.19 bits per heavy atom. The van der Waals surface area contributed by atoms with Crippen LogP contribution in [0, 0.1) is 11.6 Å². The molecule has 0 heterocycles. The van der Waals surface area contributed by atoms with Crippen LogP contribution < -0.4 is 10.0 Å². The van der Waals surface area contributed by atoms with Crippen molar-refractivity contribution in [2.24, 2.45) is 0 Å². The van der Waals surface area contributed by atoms with Gasteiger partial charge in [0.1, 0.15) is 11.6 Å². The molecular weight excluding hydrogens is 374 g/mol. The van der Waals surface area contributed by atoms with Gasteiger partial charge in [-0.05, 0) is 60.7 Å². The highest BCUT2D eigenvalue weighted by molar-refractivity contribution is 7.92. The summed E-state index contributed by atoms with van der Waals surface area (Å²) >= 11 is 0. The van der Waals surface area contributed by atoms with Gasteiger partial charge in [0.25, 0.3) is 15.9 Å². The summed E-state index contributed by atoms with van der Waals surface area (Å²) < 4.78 is 53.4. The number of hydrogen-bond donors (Lipinski definition) is 2. The Labute approximate surface area is 154 Å². The lowest BCUT2D eigenvalue weighted by Gasteiger charge is -2.10. The zero-order valence-electron chi connectivity index (χ0n) is 13.8. The number of halogens is 2. The molecule has 3 rings (SSSR count). The summed E-state index contributed by atoms with van der Waals surface area (Å²) in [6, 6.07) is 15.6. The quantitative estimate of drug-likeness (QED) is 0.693. The van der Waals surface area contributed by atoms with Gasteiger partial charge in [0.15, 0.2) is 0 Å². The van der Waals surface area contributed by atoms with Crippen LogP contribution in [0.2, 0.25) is 0 Å². The van der Waals surface area contributed by atoms with Crippen LogP contribution in [0.1, 0.15) is 10.4 Å². The zero-order chi connectivity index (χ0) is 19.4. The fourth-order valence-corrected chi connectivity index (χ4v) is 3.40. The second-order valence-corrected chi connectivity index (χ2v) is 7.29. The van der Waals surface area contributed by atoms with E-state index in [-0.39, 0.29) is 16.1 Å². The van der Waals surface area contributed by atoms with Gasteiger partial charge in [-0.2, -0.15) is 0 Å². The van der Waals surface area contributed by atoms with E-state index in [2.05, 4.69) is 10.0 Å². The molecule has 0 atom stereocenters. The molecule has 0 bridgehead atoms. The number of carbonyl (C=O) groups is 1. The molecule has 1 amide bonds. The van der Waals surface area contributed by atoms with Gasteiger partial charge in [-0.1, -0.05) is 12.1 Å². The van der Waals surface area contributed by atoms with Crippen molar-refractivity contribution in [1.29, 1.82) is 0 Å². The molecule has 0 fully saturated rings. The third-order valence-corrected chi connectivity index (χ3v) is 4.96. The maximum atomic E-state index is 13.2. The van der Waals surface area contributed by atoms with Crippen molar-refractivity contribution in [3.63, 3.8) is 0 Å². The van der Waals surface area contributed by atoms with E-state index in [9.17, 15) is 22.0 Å². The largest absolute Gasteiger partial charge is 0.322 e. The number of sulfonamides is 1. The molecule has 2 N–H and O–H groups in total. The van der Waals surface area contributed by atoms with E-state index in [4.69, 9.17) is 0 Å². The molecular formula is C19H14F2N2O3S. The lowest BCUT2D eigenvalue weighted by Crippen LogP contribution is -2.16. The minimum atomic E-state index is -4.01. The first-order valence-electron chi connectivity index (χ1n) is 7.79. The Morgan fingerprint density at radius 1 is 0.778 bits per heavy atom. The van der Waals surface area contributed by atoms with Crippen molar-refractivity contribution in [2.45, 2.75) is 4.90 Å². The maximum Gasteiger partial charge on any atom is 0.261 e. The normalized spacial score (nSPS) is 11.0. The van der Waals surface area contributed by atoms with Crippen LogP contribution in [0.25, 0.3) is 0 Å². The molecule has 8 heteroatoms. The fraction of sp³-hybridized carbons (Fsp3) is 0. The van der Waals surface area contributed by atoms with Crippen LogP contribution in [0.3, 0.4) is 0 Å². The van der Waals surface area contributed by atoms with Gasteiger partial charge in [-0.15, -0.1) is 0 Å². The van der Waals surface area contributed by atoms with Crippen LogP contribution >= 0.6 is 0 Å². The van der Waals surface area contributed by atoms with Gasteiger partial charge >= 0.3 is 0 Å². The first-order valence-corrected chi connectivity index (χ1v) is 9.27. The van der Waals surface area contributed by atoms with Crippen molar-refractivity contribution >= 4 is 27.3 Å². The summed E-state index contributed by atoms with van der Waals surface area (Å²) in [5, 5.41) is 2.55. The van der Waals surface area contributed by atoms with Crippen LogP contribution in [0.15, 0.2) is 77.7 Å². The number of amides is 1. The Kier molecular flexibility index (Phi) is 5.18. The average Bonchev–Trinajstić information content (AvgIpc) is 2.63. The van der Waals surface area contributed by atoms with Gasteiger partial charge < -0.3 is 5.32 Å². The predicted molar refractivity (Wildman–Crippen MR) is 98.0 cm³/mol. The first kappa shape index (κ1) is 18.5. The van der Waals surface area contributed by atoms with Gasteiger partial charge in [0, 0.05) is 11.3 Å². The number of benzene rings is 3. The minimum absolute atomic E-state index is 0.0659. The molecule has 0 aliphatic rings.